The number of morpholine rings is 1. The minimum atomic E-state index is -0.000535. The molecule has 4 heterocycles. The first kappa shape index (κ1) is 25.3. The number of nitrogens with zero attached hydrogens (tertiary/aromatic N) is 4. The molecule has 2 aromatic heterocycles. The van der Waals surface area contributed by atoms with Crippen LogP contribution in [0.5, 0.6) is 0 Å². The number of ether oxygens (including phenoxy) is 3. The Morgan fingerprint density at radius 2 is 1.97 bits per heavy atom. The number of H-pyrrole nitrogens is 1. The maximum Gasteiger partial charge on any atom is 0.207 e. The van der Waals surface area contributed by atoms with Gasteiger partial charge < -0.3 is 35.2 Å². The smallest absolute Gasteiger partial charge is 0.207 e. The standard InChI is InChI=1S/C24H36N8O3S/c1-16(25)21-22(27-17-2-4-19(5-3-17)31-6-8-33-9-7-31)29-24(30-23(21)36)28-18-12-26-32(13-18)14-20-15-34-10-11-35-20/h12-13,17,19-20,25H,2-11,14-15H2,1H3,(H3,27,28,29,30,36). The molecule has 3 aliphatic rings. The molecule has 0 radical (unpaired) electrons. The molecule has 1 aliphatic carbocycles. The van der Waals surface area contributed by atoms with Gasteiger partial charge in [0.05, 0.1) is 57.0 Å². The van der Waals surface area contributed by atoms with Crippen LogP contribution in [0.3, 0.4) is 0 Å². The minimum Gasteiger partial charge on any atom is -0.379 e. The van der Waals surface area contributed by atoms with Crippen LogP contribution in [0.15, 0.2) is 12.4 Å². The minimum absolute atomic E-state index is 0.000535. The van der Waals surface area contributed by atoms with Crippen LogP contribution in [-0.4, -0.2) is 94.7 Å². The topological polar surface area (TPSA) is 125 Å². The summed E-state index contributed by atoms with van der Waals surface area (Å²) in [6.45, 7) is 7.94. The molecule has 12 heteroatoms. The number of hydrogen-bond donors (Lipinski definition) is 4. The molecule has 1 unspecified atom stereocenters. The highest BCUT2D eigenvalue weighted by molar-refractivity contribution is 7.71. The van der Waals surface area contributed by atoms with Crippen molar-refractivity contribution in [1.29, 1.82) is 5.41 Å². The first-order valence-electron chi connectivity index (χ1n) is 12.8. The second-order valence-electron chi connectivity index (χ2n) is 9.71. The first-order chi connectivity index (χ1) is 17.5. The van der Waals surface area contributed by atoms with Crippen LogP contribution < -0.4 is 10.6 Å². The Balaban J connectivity index is 1.24. The third-order valence-electron chi connectivity index (χ3n) is 7.07. The molecule has 0 spiro atoms. The molecule has 2 saturated heterocycles. The van der Waals surface area contributed by atoms with Gasteiger partial charge in [-0.05, 0) is 32.6 Å². The summed E-state index contributed by atoms with van der Waals surface area (Å²) in [7, 11) is 0. The molecule has 11 nitrogen and oxygen atoms in total. The van der Waals surface area contributed by atoms with E-state index in [1.54, 1.807) is 13.1 Å². The van der Waals surface area contributed by atoms with Crippen molar-refractivity contribution in [3.63, 3.8) is 0 Å². The van der Waals surface area contributed by atoms with Crippen molar-refractivity contribution in [2.24, 2.45) is 0 Å². The van der Waals surface area contributed by atoms with Crippen LogP contribution in [0.25, 0.3) is 0 Å². The van der Waals surface area contributed by atoms with Gasteiger partial charge in [0.2, 0.25) is 5.95 Å². The fraction of sp³-hybridized carbons (Fsp3) is 0.667. The van der Waals surface area contributed by atoms with E-state index in [9.17, 15) is 0 Å². The lowest BCUT2D eigenvalue weighted by Crippen LogP contribution is -2.46. The van der Waals surface area contributed by atoms with Crippen LogP contribution >= 0.6 is 12.2 Å². The number of nitrogens with one attached hydrogen (secondary N) is 4. The van der Waals surface area contributed by atoms with E-state index in [0.29, 0.717) is 60.3 Å². The molecule has 5 rings (SSSR count). The van der Waals surface area contributed by atoms with E-state index in [-0.39, 0.29) is 6.10 Å². The quantitative estimate of drug-likeness (QED) is 0.309. The van der Waals surface area contributed by atoms with Crippen LogP contribution in [0.4, 0.5) is 17.5 Å². The summed E-state index contributed by atoms with van der Waals surface area (Å²) in [5.74, 6) is 1.27. The molecule has 36 heavy (non-hydrogen) atoms. The van der Waals surface area contributed by atoms with Gasteiger partial charge in [-0.2, -0.15) is 5.10 Å². The predicted molar refractivity (Wildman–Crippen MR) is 140 cm³/mol. The fourth-order valence-corrected chi connectivity index (χ4v) is 5.58. The van der Waals surface area contributed by atoms with Crippen molar-refractivity contribution in [1.82, 2.24) is 24.6 Å². The number of aromatic amines is 1. The summed E-state index contributed by atoms with van der Waals surface area (Å²) in [4.78, 5) is 10.4. The van der Waals surface area contributed by atoms with Gasteiger partial charge >= 0.3 is 0 Å². The molecule has 2 aliphatic heterocycles. The van der Waals surface area contributed by atoms with Crippen molar-refractivity contribution in [2.75, 3.05) is 56.8 Å². The molecule has 196 valence electrons. The summed E-state index contributed by atoms with van der Waals surface area (Å²) in [6.07, 6.45) is 8.11. The van der Waals surface area contributed by atoms with Gasteiger partial charge in [-0.15, -0.1) is 0 Å². The Kier molecular flexibility index (Phi) is 8.27. The van der Waals surface area contributed by atoms with Gasteiger partial charge in [0.25, 0.3) is 0 Å². The van der Waals surface area contributed by atoms with E-state index in [1.165, 1.54) is 0 Å². The summed E-state index contributed by atoms with van der Waals surface area (Å²) in [5.41, 5.74) is 1.83. The molecular weight excluding hydrogens is 480 g/mol. The normalized spacial score (nSPS) is 25.4. The molecule has 1 saturated carbocycles. The van der Waals surface area contributed by atoms with Crippen LogP contribution in [0.1, 0.15) is 38.2 Å². The second-order valence-corrected chi connectivity index (χ2v) is 10.1. The van der Waals surface area contributed by atoms with Gasteiger partial charge in [0.15, 0.2) is 0 Å². The molecule has 4 N–H and O–H groups in total. The number of anilines is 3. The van der Waals surface area contributed by atoms with Gasteiger partial charge in [0.1, 0.15) is 16.6 Å². The molecule has 0 bridgehead atoms. The molecule has 3 fully saturated rings. The second kappa shape index (κ2) is 11.8. The molecule has 2 aromatic rings. The van der Waals surface area contributed by atoms with Crippen molar-refractivity contribution in [3.8, 4) is 0 Å². The third kappa shape index (κ3) is 6.30. The molecule has 1 atom stereocenters. The Morgan fingerprint density at radius 3 is 2.69 bits per heavy atom. The molecule has 0 aromatic carbocycles. The van der Waals surface area contributed by atoms with E-state index < -0.39 is 0 Å². The maximum atomic E-state index is 8.28. The zero-order valence-corrected chi connectivity index (χ0v) is 21.6. The van der Waals surface area contributed by atoms with Crippen LogP contribution in [0.2, 0.25) is 0 Å². The van der Waals surface area contributed by atoms with Gasteiger partial charge in [-0.1, -0.05) is 12.2 Å². The number of aromatic nitrogens is 4. The summed E-state index contributed by atoms with van der Waals surface area (Å²) >= 11 is 5.58. The van der Waals surface area contributed by atoms with Gasteiger partial charge in [-0.3, -0.25) is 9.58 Å². The highest BCUT2D eigenvalue weighted by Crippen LogP contribution is 2.28. The van der Waals surface area contributed by atoms with Gasteiger partial charge in [-0.25, -0.2) is 4.98 Å². The Morgan fingerprint density at radius 1 is 1.17 bits per heavy atom. The third-order valence-corrected chi connectivity index (χ3v) is 7.37. The Labute approximate surface area is 216 Å². The Hall–Kier alpha value is -2.38. The SMILES string of the molecule is CC(=N)c1c(NC2CCC(N3CCOCC3)CC2)[nH]c(Nc2cnn(CC3COCCO3)c2)nc1=S. The van der Waals surface area contributed by atoms with Gasteiger partial charge in [0, 0.05) is 37.1 Å². The largest absolute Gasteiger partial charge is 0.379 e. The monoisotopic (exact) mass is 516 g/mol. The van der Waals surface area contributed by atoms with Crippen LogP contribution in [-0.2, 0) is 20.8 Å². The number of hydrogen-bond acceptors (Lipinski definition) is 10. The first-order valence-corrected chi connectivity index (χ1v) is 13.2. The highest BCUT2D eigenvalue weighted by Gasteiger charge is 2.27. The lowest BCUT2D eigenvalue weighted by Gasteiger charge is -2.39. The summed E-state index contributed by atoms with van der Waals surface area (Å²) in [6, 6.07) is 0.952. The van der Waals surface area contributed by atoms with Crippen molar-refractivity contribution < 1.29 is 14.2 Å². The van der Waals surface area contributed by atoms with Crippen LogP contribution in [0, 0.1) is 10.0 Å². The summed E-state index contributed by atoms with van der Waals surface area (Å²) < 4.78 is 18.9. The van der Waals surface area contributed by atoms with Crippen molar-refractivity contribution >= 4 is 35.4 Å². The predicted octanol–water partition coefficient (Wildman–Crippen LogP) is 2.94. The molecule has 0 amide bonds. The van der Waals surface area contributed by atoms with Crippen molar-refractivity contribution in [2.45, 2.75) is 57.3 Å². The van der Waals surface area contributed by atoms with E-state index in [0.717, 1.165) is 63.5 Å². The van der Waals surface area contributed by atoms with E-state index in [4.69, 9.17) is 31.8 Å². The maximum absolute atomic E-state index is 8.28. The lowest BCUT2D eigenvalue weighted by molar-refractivity contribution is -0.0946. The van der Waals surface area contributed by atoms with E-state index in [2.05, 4.69) is 30.6 Å². The van der Waals surface area contributed by atoms with Crippen molar-refractivity contribution in [3.05, 3.63) is 22.6 Å². The lowest BCUT2D eigenvalue weighted by atomic mass is 9.90. The fourth-order valence-electron chi connectivity index (χ4n) is 5.24. The average molecular weight is 517 g/mol. The van der Waals surface area contributed by atoms with E-state index in [1.807, 2.05) is 10.9 Å². The number of rotatable bonds is 8. The Bertz CT molecular complexity index is 1090. The highest BCUT2D eigenvalue weighted by atomic mass is 32.1. The zero-order valence-electron chi connectivity index (χ0n) is 20.8. The average Bonchev–Trinajstić information content (AvgIpc) is 3.31. The van der Waals surface area contributed by atoms with E-state index >= 15 is 0 Å². The zero-order chi connectivity index (χ0) is 24.9. The summed E-state index contributed by atoms with van der Waals surface area (Å²) in [5, 5.41) is 19.6. The molecular formula is C24H36N8O3S.